The molecule has 36 heavy (non-hydrogen) atoms. The van der Waals surface area contributed by atoms with Gasteiger partial charge in [-0.25, -0.2) is 4.98 Å². The van der Waals surface area contributed by atoms with E-state index in [0.29, 0.717) is 17.1 Å². The van der Waals surface area contributed by atoms with Crippen LogP contribution in [0.1, 0.15) is 21.7 Å². The third kappa shape index (κ3) is 3.80. The van der Waals surface area contributed by atoms with Gasteiger partial charge >= 0.3 is 0 Å². The number of ether oxygens (including phenoxy) is 1. The Morgan fingerprint density at radius 2 is 1.72 bits per heavy atom. The number of aromatic nitrogens is 1. The summed E-state index contributed by atoms with van der Waals surface area (Å²) < 4.78 is 5.36. The van der Waals surface area contributed by atoms with Crippen LogP contribution in [0.2, 0.25) is 0 Å². The number of carbonyl (C=O) groups excluding carboxylic acids is 1. The fourth-order valence-corrected chi connectivity index (χ4v) is 5.97. The van der Waals surface area contributed by atoms with Crippen LogP contribution in [0.5, 0.6) is 5.75 Å². The molecule has 1 aliphatic rings. The molecule has 2 aromatic heterocycles. The smallest absolute Gasteiger partial charge is 0.270 e. The Morgan fingerprint density at radius 1 is 0.972 bits per heavy atom. The number of aryl methyl sites for hydroxylation is 1. The van der Waals surface area contributed by atoms with Crippen molar-refractivity contribution in [2.24, 2.45) is 0 Å². The predicted octanol–water partition coefficient (Wildman–Crippen LogP) is 6.81. The standard InChI is InChI=1S/C30H25N3O2S/c1-35-22-15-13-19(14-16-22)23-18-24(20-8-3-2-4-9-20)32-29-26(23)27(31)28(36-29)30(34)33-17-7-11-21-10-5-6-12-25(21)33/h2-6,8-10,12-16,18H,7,11,17,31H2,1H3. The first kappa shape index (κ1) is 22.3. The van der Waals surface area contributed by atoms with Gasteiger partial charge in [0.25, 0.3) is 5.91 Å². The van der Waals surface area contributed by atoms with Crippen molar-refractivity contribution in [3.63, 3.8) is 0 Å². The Hall–Kier alpha value is -4.16. The summed E-state index contributed by atoms with van der Waals surface area (Å²) in [6, 6.07) is 28.2. The molecule has 0 spiro atoms. The first-order chi connectivity index (χ1) is 17.6. The number of pyridine rings is 1. The number of hydrogen-bond donors (Lipinski definition) is 1. The lowest BCUT2D eigenvalue weighted by atomic mass is 9.99. The van der Waals surface area contributed by atoms with E-state index in [9.17, 15) is 4.79 Å². The Kier molecular flexibility index (Phi) is 5.66. The number of amides is 1. The molecule has 3 aromatic carbocycles. The topological polar surface area (TPSA) is 68.5 Å². The SMILES string of the molecule is COc1ccc(-c2cc(-c3ccccc3)nc3sc(C(=O)N4CCCc5ccccc54)c(N)c23)cc1. The number of benzene rings is 3. The second kappa shape index (κ2) is 9.13. The van der Waals surface area contributed by atoms with E-state index in [4.69, 9.17) is 15.5 Å². The molecule has 0 fully saturated rings. The van der Waals surface area contributed by atoms with Crippen molar-refractivity contribution in [3.8, 4) is 28.1 Å². The number of rotatable bonds is 4. The monoisotopic (exact) mass is 491 g/mol. The highest BCUT2D eigenvalue weighted by atomic mass is 32.1. The van der Waals surface area contributed by atoms with E-state index in [0.717, 1.165) is 56.9 Å². The molecule has 0 aliphatic carbocycles. The molecule has 178 valence electrons. The Labute approximate surface area is 213 Å². The van der Waals surface area contributed by atoms with Crippen molar-refractivity contribution in [1.82, 2.24) is 4.98 Å². The largest absolute Gasteiger partial charge is 0.497 e. The highest BCUT2D eigenvalue weighted by Crippen LogP contribution is 2.43. The molecule has 0 bridgehead atoms. The molecular formula is C30H25N3O2S. The van der Waals surface area contributed by atoms with Crippen molar-refractivity contribution in [2.45, 2.75) is 12.8 Å². The van der Waals surface area contributed by atoms with Crippen molar-refractivity contribution in [1.29, 1.82) is 0 Å². The third-order valence-electron chi connectivity index (χ3n) is 6.72. The number of thiophene rings is 1. The molecule has 1 amide bonds. The van der Waals surface area contributed by atoms with Gasteiger partial charge in [-0.3, -0.25) is 4.79 Å². The molecule has 5 aromatic rings. The van der Waals surface area contributed by atoms with Crippen LogP contribution in [0.3, 0.4) is 0 Å². The number of nitrogens with zero attached hydrogens (tertiary/aromatic N) is 2. The summed E-state index contributed by atoms with van der Waals surface area (Å²) >= 11 is 1.37. The molecule has 0 saturated carbocycles. The minimum atomic E-state index is -0.0652. The highest BCUT2D eigenvalue weighted by molar-refractivity contribution is 7.21. The van der Waals surface area contributed by atoms with Crippen molar-refractivity contribution in [3.05, 3.63) is 95.4 Å². The molecular weight excluding hydrogens is 466 g/mol. The van der Waals surface area contributed by atoms with Crippen LogP contribution in [-0.4, -0.2) is 24.5 Å². The summed E-state index contributed by atoms with van der Waals surface area (Å²) in [5.41, 5.74) is 13.2. The van der Waals surface area contributed by atoms with E-state index in [2.05, 4.69) is 12.1 Å². The van der Waals surface area contributed by atoms with Crippen molar-refractivity contribution in [2.75, 3.05) is 24.3 Å². The van der Waals surface area contributed by atoms with Gasteiger partial charge in [0, 0.05) is 23.2 Å². The second-order valence-electron chi connectivity index (χ2n) is 8.86. The zero-order valence-electron chi connectivity index (χ0n) is 19.9. The van der Waals surface area contributed by atoms with Gasteiger partial charge in [-0.15, -0.1) is 11.3 Å². The van der Waals surface area contributed by atoms with Gasteiger partial charge in [0.2, 0.25) is 0 Å². The van der Waals surface area contributed by atoms with Crippen LogP contribution in [0.4, 0.5) is 11.4 Å². The minimum absolute atomic E-state index is 0.0652. The first-order valence-corrected chi connectivity index (χ1v) is 12.8. The lowest BCUT2D eigenvalue weighted by Crippen LogP contribution is -2.35. The fraction of sp³-hybridized carbons (Fsp3) is 0.133. The molecule has 6 heteroatoms. The van der Waals surface area contributed by atoms with Gasteiger partial charge < -0.3 is 15.4 Å². The van der Waals surface area contributed by atoms with Crippen LogP contribution in [-0.2, 0) is 6.42 Å². The van der Waals surface area contributed by atoms with Gasteiger partial charge in [0.15, 0.2) is 0 Å². The summed E-state index contributed by atoms with van der Waals surface area (Å²) in [5, 5.41) is 0.818. The van der Waals surface area contributed by atoms with E-state index in [1.165, 1.54) is 16.9 Å². The van der Waals surface area contributed by atoms with E-state index in [1.54, 1.807) is 7.11 Å². The summed E-state index contributed by atoms with van der Waals surface area (Å²) in [7, 11) is 1.65. The molecule has 2 N–H and O–H groups in total. The molecule has 1 aliphatic heterocycles. The Balaban J connectivity index is 1.53. The maximum absolute atomic E-state index is 13.9. The molecule has 0 atom stereocenters. The van der Waals surface area contributed by atoms with Gasteiger partial charge in [0.1, 0.15) is 15.5 Å². The number of methoxy groups -OCH3 is 1. The van der Waals surface area contributed by atoms with E-state index in [-0.39, 0.29) is 5.91 Å². The van der Waals surface area contributed by atoms with Crippen LogP contribution in [0.25, 0.3) is 32.6 Å². The van der Waals surface area contributed by atoms with Gasteiger partial charge in [-0.2, -0.15) is 0 Å². The molecule has 0 saturated heterocycles. The summed E-state index contributed by atoms with van der Waals surface area (Å²) in [6.45, 7) is 0.678. The average Bonchev–Trinajstić information content (AvgIpc) is 3.28. The average molecular weight is 492 g/mol. The van der Waals surface area contributed by atoms with Gasteiger partial charge in [-0.05, 0) is 53.8 Å². The van der Waals surface area contributed by atoms with Crippen LogP contribution >= 0.6 is 11.3 Å². The number of nitrogen functional groups attached to an aromatic ring is 1. The number of carbonyl (C=O) groups is 1. The minimum Gasteiger partial charge on any atom is -0.497 e. The molecule has 0 unspecified atom stereocenters. The summed E-state index contributed by atoms with van der Waals surface area (Å²) in [5.74, 6) is 0.717. The normalized spacial score (nSPS) is 13.0. The van der Waals surface area contributed by atoms with E-state index >= 15 is 0 Å². The van der Waals surface area contributed by atoms with Gasteiger partial charge in [0.05, 0.1) is 18.5 Å². The molecule has 0 radical (unpaired) electrons. The van der Waals surface area contributed by atoms with Crippen molar-refractivity contribution >= 4 is 38.8 Å². The number of para-hydroxylation sites is 1. The zero-order chi connectivity index (χ0) is 24.6. The highest BCUT2D eigenvalue weighted by Gasteiger charge is 2.28. The number of fused-ring (bicyclic) bond motifs is 2. The second-order valence-corrected chi connectivity index (χ2v) is 9.86. The van der Waals surface area contributed by atoms with E-state index < -0.39 is 0 Å². The number of hydrogen-bond acceptors (Lipinski definition) is 5. The Bertz CT molecular complexity index is 1580. The summed E-state index contributed by atoms with van der Waals surface area (Å²) in [6.07, 6.45) is 1.91. The molecule has 6 rings (SSSR count). The quantitative estimate of drug-likeness (QED) is 0.300. The molecule has 3 heterocycles. The third-order valence-corrected chi connectivity index (χ3v) is 7.81. The van der Waals surface area contributed by atoms with E-state index in [1.807, 2.05) is 77.7 Å². The maximum atomic E-state index is 13.9. The molecule has 5 nitrogen and oxygen atoms in total. The number of nitrogens with two attached hydrogens (primary N) is 1. The zero-order valence-corrected chi connectivity index (χ0v) is 20.7. The fourth-order valence-electron chi connectivity index (χ4n) is 4.90. The predicted molar refractivity (Wildman–Crippen MR) is 148 cm³/mol. The van der Waals surface area contributed by atoms with Crippen molar-refractivity contribution < 1.29 is 9.53 Å². The lowest BCUT2D eigenvalue weighted by Gasteiger charge is -2.29. The van der Waals surface area contributed by atoms with Gasteiger partial charge in [-0.1, -0.05) is 60.7 Å². The van der Waals surface area contributed by atoms with Crippen LogP contribution in [0.15, 0.2) is 84.9 Å². The van der Waals surface area contributed by atoms with Crippen LogP contribution in [0, 0.1) is 0 Å². The number of anilines is 2. The lowest BCUT2D eigenvalue weighted by molar-refractivity contribution is 0.0990. The first-order valence-electron chi connectivity index (χ1n) is 12.0. The maximum Gasteiger partial charge on any atom is 0.270 e. The summed E-state index contributed by atoms with van der Waals surface area (Å²) in [4.78, 5) is 22.0. The van der Waals surface area contributed by atoms with Crippen LogP contribution < -0.4 is 15.4 Å². The Morgan fingerprint density at radius 3 is 2.50 bits per heavy atom.